The predicted molar refractivity (Wildman–Crippen MR) is 222 cm³/mol. The van der Waals surface area contributed by atoms with Crippen LogP contribution >= 0.6 is 0 Å². The smallest absolute Gasteiger partial charge is 0.187 e. The van der Waals surface area contributed by atoms with Crippen LogP contribution in [0.4, 0.5) is 0 Å². The third kappa shape index (κ3) is 8.37. The fraction of sp³-hybridized carbons (Fsp3) is 0.957. The van der Waals surface area contributed by atoms with Crippen molar-refractivity contribution in [2.75, 3.05) is 26.9 Å². The first kappa shape index (κ1) is 49.4. The third-order valence-corrected chi connectivity index (χ3v) is 17.7. The summed E-state index contributed by atoms with van der Waals surface area (Å²) in [6, 6.07) is 0. The van der Waals surface area contributed by atoms with Crippen LogP contribution in [0.2, 0.25) is 0 Å². The minimum atomic E-state index is -1.85. The average Bonchev–Trinajstić information content (AvgIpc) is 3.74. The number of hydrogen-bond acceptors (Lipinski definition) is 18. The topological polar surface area (TPSA) is 276 Å². The van der Waals surface area contributed by atoms with Crippen LogP contribution in [0, 0.1) is 46.3 Å². The maximum Gasteiger partial charge on any atom is 0.187 e. The summed E-state index contributed by atoms with van der Waals surface area (Å²) in [7, 11) is 1.76. The van der Waals surface area contributed by atoms with Crippen molar-refractivity contribution in [2.24, 2.45) is 46.3 Å². The van der Waals surface area contributed by atoms with Gasteiger partial charge in [0, 0.05) is 26.1 Å². The van der Waals surface area contributed by atoms with Gasteiger partial charge in [0.15, 0.2) is 24.7 Å². The van der Waals surface area contributed by atoms with Crippen LogP contribution in [0.1, 0.15) is 92.4 Å². The van der Waals surface area contributed by atoms with E-state index in [2.05, 4.69) is 33.8 Å². The Labute approximate surface area is 375 Å². The number of fused-ring (bicyclic) bond motifs is 7. The second kappa shape index (κ2) is 19.1. The van der Waals surface area contributed by atoms with Gasteiger partial charge in [0.05, 0.1) is 31.5 Å². The molecule has 18 heteroatoms. The van der Waals surface area contributed by atoms with Crippen LogP contribution in [0.3, 0.4) is 0 Å². The monoisotopic (exact) mass is 917 g/mol. The van der Waals surface area contributed by atoms with Crippen LogP contribution in [0.15, 0.2) is 11.6 Å². The van der Waals surface area contributed by atoms with Crippen LogP contribution < -0.4 is 0 Å². The molecule has 3 saturated carbocycles. The third-order valence-electron chi connectivity index (χ3n) is 17.7. The highest BCUT2D eigenvalue weighted by Crippen LogP contribution is 2.70. The lowest BCUT2D eigenvalue weighted by atomic mass is 9.47. The Balaban J connectivity index is 1.01. The minimum absolute atomic E-state index is 0.0833. The number of allylic oxidation sites excluding steroid dienone is 1. The lowest BCUT2D eigenvalue weighted by Gasteiger charge is -2.58. The largest absolute Gasteiger partial charge is 0.396 e. The summed E-state index contributed by atoms with van der Waals surface area (Å²) in [5, 5.41) is 106. The molecule has 368 valence electrons. The lowest BCUT2D eigenvalue weighted by Crippen LogP contribution is -2.67. The molecule has 4 heterocycles. The minimum Gasteiger partial charge on any atom is -0.396 e. The van der Waals surface area contributed by atoms with Crippen LogP contribution in [-0.2, 0) is 37.9 Å². The average molecular weight is 917 g/mol. The molecule has 0 bridgehead atoms. The predicted octanol–water partition coefficient (Wildman–Crippen LogP) is -0.177. The molecule has 4 aliphatic carbocycles. The van der Waals surface area contributed by atoms with E-state index in [-0.39, 0.29) is 35.4 Å². The van der Waals surface area contributed by atoms with Crippen molar-refractivity contribution in [3.63, 3.8) is 0 Å². The van der Waals surface area contributed by atoms with Crippen molar-refractivity contribution in [3.8, 4) is 0 Å². The van der Waals surface area contributed by atoms with Gasteiger partial charge in [0.1, 0.15) is 67.1 Å². The highest BCUT2D eigenvalue weighted by atomic mass is 16.8. The van der Waals surface area contributed by atoms with Gasteiger partial charge in [-0.1, -0.05) is 39.3 Å². The van der Waals surface area contributed by atoms with Crippen molar-refractivity contribution in [1.29, 1.82) is 0 Å². The van der Waals surface area contributed by atoms with E-state index in [1.807, 2.05) is 0 Å². The fourth-order valence-electron chi connectivity index (χ4n) is 13.8. The van der Waals surface area contributed by atoms with Crippen molar-refractivity contribution in [3.05, 3.63) is 11.6 Å². The Bertz CT molecular complexity index is 1620. The molecule has 4 aliphatic heterocycles. The van der Waals surface area contributed by atoms with Gasteiger partial charge in [-0.2, -0.15) is 0 Å². The van der Waals surface area contributed by atoms with E-state index in [9.17, 15) is 51.1 Å². The van der Waals surface area contributed by atoms with Crippen molar-refractivity contribution >= 4 is 0 Å². The molecule has 0 aromatic heterocycles. The SMILES string of the molecule is COC1(CCC(C)CO)OC2CC3C4CC=C5CC(OC6OC(CO)C(O)C(OC7OC(CO)C(O)C(O)C7O)C6OC6OC(C)C(O)C(O)C6O)CCC5(C)C4CCC3(C)C2C1C. The van der Waals surface area contributed by atoms with E-state index >= 15 is 0 Å². The van der Waals surface area contributed by atoms with Gasteiger partial charge in [-0.15, -0.1) is 0 Å². The molecular formula is C46H76O18. The van der Waals surface area contributed by atoms with Crippen molar-refractivity contribution in [1.82, 2.24) is 0 Å². The number of rotatable bonds is 13. The number of aliphatic hydroxyl groups excluding tert-OH is 10. The van der Waals surface area contributed by atoms with E-state index < -0.39 is 117 Å². The van der Waals surface area contributed by atoms with E-state index in [1.165, 1.54) is 12.5 Å². The van der Waals surface area contributed by atoms with E-state index in [0.29, 0.717) is 36.5 Å². The van der Waals surface area contributed by atoms with Crippen LogP contribution in [0.25, 0.3) is 0 Å². The highest BCUT2D eigenvalue weighted by molar-refractivity contribution is 5.26. The molecule has 7 fully saturated rings. The highest BCUT2D eigenvalue weighted by Gasteiger charge is 2.68. The molecule has 8 rings (SSSR count). The molecule has 0 aromatic carbocycles. The van der Waals surface area contributed by atoms with Gasteiger partial charge >= 0.3 is 0 Å². The first-order valence-corrected chi connectivity index (χ1v) is 23.8. The van der Waals surface area contributed by atoms with Gasteiger partial charge in [0.2, 0.25) is 0 Å². The number of aliphatic hydroxyl groups is 10. The zero-order valence-electron chi connectivity index (χ0n) is 38.1. The zero-order valence-corrected chi connectivity index (χ0v) is 38.1. The Morgan fingerprint density at radius 3 is 2.05 bits per heavy atom. The van der Waals surface area contributed by atoms with Crippen molar-refractivity contribution in [2.45, 2.75) is 203 Å². The first-order valence-electron chi connectivity index (χ1n) is 23.8. The van der Waals surface area contributed by atoms with Gasteiger partial charge in [-0.3, -0.25) is 0 Å². The summed E-state index contributed by atoms with van der Waals surface area (Å²) in [5.41, 5.74) is 1.32. The van der Waals surface area contributed by atoms with E-state index in [1.54, 1.807) is 7.11 Å². The first-order chi connectivity index (χ1) is 30.4. The van der Waals surface area contributed by atoms with E-state index in [4.69, 9.17) is 37.9 Å². The van der Waals surface area contributed by atoms with Crippen molar-refractivity contribution < 1.29 is 89.0 Å². The van der Waals surface area contributed by atoms with Gasteiger partial charge < -0.3 is 89.0 Å². The van der Waals surface area contributed by atoms with Gasteiger partial charge in [-0.05, 0) is 98.7 Å². The molecule has 8 aliphatic rings. The van der Waals surface area contributed by atoms with Gasteiger partial charge in [-0.25, -0.2) is 0 Å². The summed E-state index contributed by atoms with van der Waals surface area (Å²) >= 11 is 0. The molecule has 64 heavy (non-hydrogen) atoms. The van der Waals surface area contributed by atoms with Crippen LogP contribution in [0.5, 0.6) is 0 Å². The maximum atomic E-state index is 11.6. The molecular weight excluding hydrogens is 840 g/mol. The summed E-state index contributed by atoms with van der Waals surface area (Å²) in [4.78, 5) is 0. The van der Waals surface area contributed by atoms with Crippen LogP contribution in [-0.4, -0.2) is 188 Å². The molecule has 4 saturated heterocycles. The standard InChI is InChI=1S/C46H76O18/c1-20(17-47)9-14-46(57-6)21(2)31-28(64-46)16-27-25-8-7-23-15-24(10-12-44(23,4)26(25)11-13-45(27,31)5)59-43-40(63-41-37(55)35(53)32(50)22(3)58-41)39(34(52)30(19-49)61-43)62-42-38(56)36(54)33(51)29(18-48)60-42/h7,20-22,24-43,47-56H,8-19H2,1-6H3. The molecule has 0 spiro atoms. The molecule has 0 aromatic rings. The number of ether oxygens (including phenoxy) is 8. The second-order valence-electron chi connectivity index (χ2n) is 21.1. The normalized spacial score (nSPS) is 54.3. The summed E-state index contributed by atoms with van der Waals surface area (Å²) in [6.45, 7) is 9.43. The summed E-state index contributed by atoms with van der Waals surface area (Å²) in [6.07, 6.45) is -13.5. The summed E-state index contributed by atoms with van der Waals surface area (Å²) in [5.74, 6) is 1.57. The lowest BCUT2D eigenvalue weighted by molar-refractivity contribution is -0.394. The van der Waals surface area contributed by atoms with Gasteiger partial charge in [0.25, 0.3) is 0 Å². The zero-order chi connectivity index (χ0) is 46.2. The fourth-order valence-corrected chi connectivity index (χ4v) is 13.8. The Morgan fingerprint density at radius 2 is 1.38 bits per heavy atom. The maximum absolute atomic E-state index is 11.6. The molecule has 18 nitrogen and oxygen atoms in total. The molecule has 0 radical (unpaired) electrons. The van der Waals surface area contributed by atoms with E-state index in [0.717, 1.165) is 44.9 Å². The number of hydrogen-bond donors (Lipinski definition) is 10. The number of methoxy groups -OCH3 is 1. The molecule has 0 amide bonds. The Morgan fingerprint density at radius 1 is 0.734 bits per heavy atom. The second-order valence-corrected chi connectivity index (χ2v) is 21.1. The Kier molecular flexibility index (Phi) is 14.7. The molecule has 26 unspecified atom stereocenters. The molecule has 10 N–H and O–H groups in total. The Hall–Kier alpha value is -0.980. The molecule has 26 atom stereocenters. The summed E-state index contributed by atoms with van der Waals surface area (Å²) < 4.78 is 49.9. The quantitative estimate of drug-likeness (QED) is 0.107.